The van der Waals surface area contributed by atoms with Gasteiger partial charge in [-0.25, -0.2) is 4.39 Å². The standard InChI is InChI=1S/C17H18FNO2/c1-11-8-13(4-5-14(11)18)15(19)6-2-12-3-7-16-17(9-12)21-10-20-16/h3-5,7-9,15H,2,6,10,19H2,1H3. The number of hydrogen-bond donors (Lipinski definition) is 1. The average molecular weight is 287 g/mol. The van der Waals surface area contributed by atoms with Gasteiger partial charge >= 0.3 is 0 Å². The Morgan fingerprint density at radius 1 is 1.14 bits per heavy atom. The van der Waals surface area contributed by atoms with Gasteiger partial charge in [0.2, 0.25) is 6.79 Å². The quantitative estimate of drug-likeness (QED) is 0.936. The second-order valence-electron chi connectivity index (χ2n) is 5.34. The van der Waals surface area contributed by atoms with E-state index in [4.69, 9.17) is 15.2 Å². The first-order valence-corrected chi connectivity index (χ1v) is 7.03. The minimum Gasteiger partial charge on any atom is -0.454 e. The van der Waals surface area contributed by atoms with E-state index in [1.165, 1.54) is 6.07 Å². The van der Waals surface area contributed by atoms with Gasteiger partial charge in [-0.1, -0.05) is 18.2 Å². The highest BCUT2D eigenvalue weighted by Crippen LogP contribution is 2.33. The molecule has 0 aromatic heterocycles. The van der Waals surface area contributed by atoms with Crippen molar-refractivity contribution in [2.45, 2.75) is 25.8 Å². The molecular formula is C17H18FNO2. The summed E-state index contributed by atoms with van der Waals surface area (Å²) in [6.45, 7) is 2.04. The van der Waals surface area contributed by atoms with Crippen LogP contribution in [0.4, 0.5) is 4.39 Å². The minimum absolute atomic E-state index is 0.102. The van der Waals surface area contributed by atoms with Crippen molar-refractivity contribution in [2.75, 3.05) is 6.79 Å². The zero-order valence-electron chi connectivity index (χ0n) is 11.9. The van der Waals surface area contributed by atoms with Gasteiger partial charge in [0, 0.05) is 6.04 Å². The van der Waals surface area contributed by atoms with Gasteiger partial charge in [0.15, 0.2) is 11.5 Å². The van der Waals surface area contributed by atoms with Gasteiger partial charge in [0.25, 0.3) is 0 Å². The average Bonchev–Trinajstić information content (AvgIpc) is 2.95. The molecule has 0 fully saturated rings. The fraction of sp³-hybridized carbons (Fsp3) is 0.294. The summed E-state index contributed by atoms with van der Waals surface area (Å²) in [7, 11) is 0. The molecule has 0 bridgehead atoms. The highest BCUT2D eigenvalue weighted by molar-refractivity contribution is 5.44. The Labute approximate surface area is 123 Å². The van der Waals surface area contributed by atoms with E-state index in [0.29, 0.717) is 5.56 Å². The summed E-state index contributed by atoms with van der Waals surface area (Å²) in [5, 5.41) is 0. The molecule has 3 nitrogen and oxygen atoms in total. The molecule has 0 radical (unpaired) electrons. The Morgan fingerprint density at radius 3 is 2.76 bits per heavy atom. The van der Waals surface area contributed by atoms with E-state index in [-0.39, 0.29) is 18.7 Å². The monoisotopic (exact) mass is 287 g/mol. The van der Waals surface area contributed by atoms with Crippen LogP contribution in [0.25, 0.3) is 0 Å². The van der Waals surface area contributed by atoms with E-state index in [2.05, 4.69) is 0 Å². The van der Waals surface area contributed by atoms with Crippen LogP contribution in [0, 0.1) is 12.7 Å². The van der Waals surface area contributed by atoms with Gasteiger partial charge in [0.05, 0.1) is 0 Å². The SMILES string of the molecule is Cc1cc(C(N)CCc2ccc3c(c2)OCO3)ccc1F. The highest BCUT2D eigenvalue weighted by Gasteiger charge is 2.14. The highest BCUT2D eigenvalue weighted by atomic mass is 19.1. The maximum absolute atomic E-state index is 13.3. The van der Waals surface area contributed by atoms with Crippen LogP contribution in [0.15, 0.2) is 36.4 Å². The van der Waals surface area contributed by atoms with E-state index >= 15 is 0 Å². The van der Waals surface area contributed by atoms with Crippen LogP contribution in [-0.4, -0.2) is 6.79 Å². The Bertz CT molecular complexity index is 657. The maximum atomic E-state index is 13.3. The Kier molecular flexibility index (Phi) is 3.80. The van der Waals surface area contributed by atoms with E-state index in [0.717, 1.165) is 35.5 Å². The lowest BCUT2D eigenvalue weighted by molar-refractivity contribution is 0.174. The molecule has 21 heavy (non-hydrogen) atoms. The molecule has 3 rings (SSSR count). The summed E-state index contributed by atoms with van der Waals surface area (Å²) in [6.07, 6.45) is 1.64. The lowest BCUT2D eigenvalue weighted by Crippen LogP contribution is -2.11. The van der Waals surface area contributed by atoms with E-state index in [1.54, 1.807) is 13.0 Å². The van der Waals surface area contributed by atoms with Crippen molar-refractivity contribution in [3.05, 3.63) is 58.9 Å². The molecule has 0 spiro atoms. The third-order valence-corrected chi connectivity index (χ3v) is 3.79. The fourth-order valence-electron chi connectivity index (χ4n) is 2.48. The zero-order chi connectivity index (χ0) is 14.8. The Morgan fingerprint density at radius 2 is 1.95 bits per heavy atom. The first-order chi connectivity index (χ1) is 10.1. The first-order valence-electron chi connectivity index (χ1n) is 7.03. The van der Waals surface area contributed by atoms with Gasteiger partial charge < -0.3 is 15.2 Å². The van der Waals surface area contributed by atoms with Crippen LogP contribution in [-0.2, 0) is 6.42 Å². The third-order valence-electron chi connectivity index (χ3n) is 3.79. The lowest BCUT2D eigenvalue weighted by Gasteiger charge is -2.13. The number of rotatable bonds is 4. The van der Waals surface area contributed by atoms with E-state index in [1.807, 2.05) is 24.3 Å². The number of aryl methyl sites for hydroxylation is 2. The topological polar surface area (TPSA) is 44.5 Å². The van der Waals surface area contributed by atoms with Gasteiger partial charge in [-0.3, -0.25) is 0 Å². The molecule has 0 aliphatic carbocycles. The van der Waals surface area contributed by atoms with Crippen molar-refractivity contribution in [3.8, 4) is 11.5 Å². The predicted molar refractivity (Wildman–Crippen MR) is 79.0 cm³/mol. The summed E-state index contributed by atoms with van der Waals surface area (Å²) in [6, 6.07) is 10.9. The number of halogens is 1. The van der Waals surface area contributed by atoms with Crippen molar-refractivity contribution in [2.24, 2.45) is 5.73 Å². The smallest absolute Gasteiger partial charge is 0.231 e. The first kappa shape index (κ1) is 13.9. The van der Waals surface area contributed by atoms with Gasteiger partial charge in [-0.15, -0.1) is 0 Å². The second-order valence-corrected chi connectivity index (χ2v) is 5.34. The van der Waals surface area contributed by atoms with Crippen LogP contribution in [0.1, 0.15) is 29.2 Å². The van der Waals surface area contributed by atoms with Crippen molar-refractivity contribution < 1.29 is 13.9 Å². The molecule has 1 aliphatic heterocycles. The molecule has 0 amide bonds. The molecule has 0 saturated carbocycles. The molecule has 2 aromatic rings. The summed E-state index contributed by atoms with van der Waals surface area (Å²) < 4.78 is 23.9. The van der Waals surface area contributed by atoms with Crippen molar-refractivity contribution >= 4 is 0 Å². The van der Waals surface area contributed by atoms with Crippen LogP contribution in [0.5, 0.6) is 11.5 Å². The van der Waals surface area contributed by atoms with Crippen LogP contribution in [0.2, 0.25) is 0 Å². The zero-order valence-corrected chi connectivity index (χ0v) is 11.9. The number of fused-ring (bicyclic) bond motifs is 1. The largest absolute Gasteiger partial charge is 0.454 e. The van der Waals surface area contributed by atoms with Crippen molar-refractivity contribution in [3.63, 3.8) is 0 Å². The van der Waals surface area contributed by atoms with Gasteiger partial charge in [-0.2, -0.15) is 0 Å². The Hall–Kier alpha value is -2.07. The fourth-order valence-corrected chi connectivity index (χ4v) is 2.48. The molecular weight excluding hydrogens is 269 g/mol. The molecule has 4 heteroatoms. The number of benzene rings is 2. The minimum atomic E-state index is -0.193. The molecule has 1 unspecified atom stereocenters. The van der Waals surface area contributed by atoms with E-state index in [9.17, 15) is 4.39 Å². The second kappa shape index (κ2) is 5.74. The molecule has 1 atom stereocenters. The Balaban J connectivity index is 1.65. The van der Waals surface area contributed by atoms with Gasteiger partial charge in [-0.05, 0) is 54.7 Å². The molecule has 110 valence electrons. The lowest BCUT2D eigenvalue weighted by atomic mass is 9.98. The van der Waals surface area contributed by atoms with Crippen LogP contribution in [0.3, 0.4) is 0 Å². The number of ether oxygens (including phenoxy) is 2. The molecule has 1 heterocycles. The summed E-state index contributed by atoms with van der Waals surface area (Å²) in [5.41, 5.74) is 8.95. The normalized spacial score (nSPS) is 14.2. The number of nitrogens with two attached hydrogens (primary N) is 1. The predicted octanol–water partition coefficient (Wildman–Crippen LogP) is 3.50. The van der Waals surface area contributed by atoms with Gasteiger partial charge in [0.1, 0.15) is 5.82 Å². The van der Waals surface area contributed by atoms with Crippen LogP contribution < -0.4 is 15.2 Å². The number of hydrogen-bond acceptors (Lipinski definition) is 3. The van der Waals surface area contributed by atoms with E-state index < -0.39 is 0 Å². The molecule has 0 saturated heterocycles. The van der Waals surface area contributed by atoms with Crippen molar-refractivity contribution in [1.29, 1.82) is 0 Å². The molecule has 1 aliphatic rings. The third kappa shape index (κ3) is 3.00. The summed E-state index contributed by atoms with van der Waals surface area (Å²) in [4.78, 5) is 0. The summed E-state index contributed by atoms with van der Waals surface area (Å²) >= 11 is 0. The summed E-state index contributed by atoms with van der Waals surface area (Å²) in [5.74, 6) is 1.39. The van der Waals surface area contributed by atoms with Crippen molar-refractivity contribution in [1.82, 2.24) is 0 Å². The molecule has 2 aromatic carbocycles. The maximum Gasteiger partial charge on any atom is 0.231 e. The molecule has 2 N–H and O–H groups in total. The van der Waals surface area contributed by atoms with Crippen LogP contribution >= 0.6 is 0 Å².